The lowest BCUT2D eigenvalue weighted by molar-refractivity contribution is 0.268. The Labute approximate surface area is 127 Å². The number of anilines is 1. The van der Waals surface area contributed by atoms with Crippen LogP contribution in [-0.2, 0) is 10.0 Å². The topological polar surface area (TPSA) is 74.3 Å². The largest absolute Gasteiger partial charge is 0.383 e. The second-order valence-electron chi connectivity index (χ2n) is 5.16. The van der Waals surface area contributed by atoms with Crippen LogP contribution in [0.25, 0.3) is 0 Å². The molecule has 0 saturated carbocycles. The van der Waals surface area contributed by atoms with Crippen LogP contribution in [0.2, 0.25) is 0 Å². The minimum atomic E-state index is -3.58. The average molecular weight is 312 g/mol. The lowest BCUT2D eigenvalue weighted by Crippen LogP contribution is -2.40. The van der Waals surface area contributed by atoms with Gasteiger partial charge in [-0.1, -0.05) is 6.92 Å². The zero-order valence-electron chi connectivity index (χ0n) is 12.7. The Morgan fingerprint density at radius 3 is 2.95 bits per heavy atom. The Morgan fingerprint density at radius 1 is 1.43 bits per heavy atom. The summed E-state index contributed by atoms with van der Waals surface area (Å²) in [5, 5.41) is 3.11. The van der Waals surface area contributed by atoms with Crippen molar-refractivity contribution in [1.29, 1.82) is 0 Å². The van der Waals surface area contributed by atoms with Crippen LogP contribution in [-0.4, -0.2) is 50.5 Å². The molecule has 0 radical (unpaired) electrons. The third-order valence-electron chi connectivity index (χ3n) is 3.81. The molecule has 0 spiro atoms. The van der Waals surface area contributed by atoms with E-state index in [1.165, 1.54) is 6.20 Å². The summed E-state index contributed by atoms with van der Waals surface area (Å²) in [5.41, 5.74) is 0.547. The van der Waals surface area contributed by atoms with Crippen LogP contribution >= 0.6 is 0 Å². The molecule has 1 fully saturated rings. The standard InChI is InChI=1S/C14H24N4O2S/c1-3-15-13-8-5-9-16-14(13)21(19,20)17-11-12-7-6-10-18(12)4-2/h5,8-9,12,15,17H,3-4,6-7,10-11H2,1-2H3. The zero-order valence-corrected chi connectivity index (χ0v) is 13.5. The molecular weight excluding hydrogens is 288 g/mol. The van der Waals surface area contributed by atoms with Gasteiger partial charge in [-0.25, -0.2) is 18.1 Å². The van der Waals surface area contributed by atoms with Crippen LogP contribution in [0.3, 0.4) is 0 Å². The van der Waals surface area contributed by atoms with Crippen molar-refractivity contribution in [2.45, 2.75) is 37.8 Å². The van der Waals surface area contributed by atoms with Crippen molar-refractivity contribution in [3.05, 3.63) is 18.3 Å². The summed E-state index contributed by atoms with van der Waals surface area (Å²) >= 11 is 0. The maximum atomic E-state index is 12.4. The van der Waals surface area contributed by atoms with E-state index in [4.69, 9.17) is 0 Å². The Kier molecular flexibility index (Phi) is 5.55. The molecule has 0 aliphatic carbocycles. The highest BCUT2D eigenvalue weighted by Gasteiger charge is 2.26. The second kappa shape index (κ2) is 7.20. The molecule has 1 atom stereocenters. The number of sulfonamides is 1. The summed E-state index contributed by atoms with van der Waals surface area (Å²) in [6.45, 7) is 7.13. The molecule has 0 aromatic carbocycles. The van der Waals surface area contributed by atoms with Gasteiger partial charge in [-0.05, 0) is 45.0 Å². The number of pyridine rings is 1. The van der Waals surface area contributed by atoms with E-state index < -0.39 is 10.0 Å². The molecule has 1 aromatic heterocycles. The molecule has 2 heterocycles. The highest BCUT2D eigenvalue weighted by Crippen LogP contribution is 2.19. The molecule has 2 rings (SSSR count). The van der Waals surface area contributed by atoms with Crippen molar-refractivity contribution in [3.63, 3.8) is 0 Å². The molecule has 6 nitrogen and oxygen atoms in total. The molecule has 0 amide bonds. The maximum absolute atomic E-state index is 12.4. The van der Waals surface area contributed by atoms with Gasteiger partial charge in [-0.3, -0.25) is 4.90 Å². The molecule has 1 aliphatic rings. The number of rotatable bonds is 7. The third-order valence-corrected chi connectivity index (χ3v) is 5.19. The second-order valence-corrected chi connectivity index (χ2v) is 6.85. The predicted octanol–water partition coefficient (Wildman–Crippen LogP) is 1.28. The van der Waals surface area contributed by atoms with E-state index in [1.807, 2.05) is 6.92 Å². The van der Waals surface area contributed by atoms with Crippen molar-refractivity contribution in [2.75, 3.05) is 31.5 Å². The van der Waals surface area contributed by atoms with Crippen LogP contribution in [0, 0.1) is 0 Å². The average Bonchev–Trinajstić information content (AvgIpc) is 2.93. The number of aromatic nitrogens is 1. The first-order chi connectivity index (χ1) is 10.1. The van der Waals surface area contributed by atoms with Crippen LogP contribution in [0.5, 0.6) is 0 Å². The zero-order chi connectivity index (χ0) is 15.3. The minimum absolute atomic E-state index is 0.0768. The first-order valence-electron chi connectivity index (χ1n) is 7.51. The monoisotopic (exact) mass is 312 g/mol. The highest BCUT2D eigenvalue weighted by atomic mass is 32.2. The summed E-state index contributed by atoms with van der Waals surface area (Å²) < 4.78 is 27.6. The molecule has 21 heavy (non-hydrogen) atoms. The van der Waals surface area contributed by atoms with Gasteiger partial charge >= 0.3 is 0 Å². The number of nitrogens with one attached hydrogen (secondary N) is 2. The fourth-order valence-corrected chi connectivity index (χ4v) is 3.92. The normalized spacial score (nSPS) is 19.8. The van der Waals surface area contributed by atoms with Gasteiger partial charge in [0.1, 0.15) is 0 Å². The predicted molar refractivity (Wildman–Crippen MR) is 83.9 cm³/mol. The van der Waals surface area contributed by atoms with Gasteiger partial charge in [-0.2, -0.15) is 0 Å². The molecule has 1 aromatic rings. The van der Waals surface area contributed by atoms with Gasteiger partial charge in [-0.15, -0.1) is 0 Å². The van der Waals surface area contributed by atoms with E-state index in [-0.39, 0.29) is 11.1 Å². The molecule has 1 unspecified atom stereocenters. The number of nitrogens with zero attached hydrogens (tertiary/aromatic N) is 2. The first-order valence-corrected chi connectivity index (χ1v) is 8.99. The van der Waals surface area contributed by atoms with E-state index in [0.717, 1.165) is 25.9 Å². The van der Waals surface area contributed by atoms with Gasteiger partial charge < -0.3 is 5.32 Å². The van der Waals surface area contributed by atoms with Crippen molar-refractivity contribution in [1.82, 2.24) is 14.6 Å². The molecular formula is C14H24N4O2S. The molecule has 7 heteroatoms. The SMILES string of the molecule is CCNc1cccnc1S(=O)(=O)NCC1CCCN1CC. The summed E-state index contributed by atoms with van der Waals surface area (Å²) in [6, 6.07) is 3.75. The van der Waals surface area contributed by atoms with E-state index >= 15 is 0 Å². The summed E-state index contributed by atoms with van der Waals surface area (Å²) in [7, 11) is -3.58. The molecule has 1 saturated heterocycles. The Morgan fingerprint density at radius 2 is 2.24 bits per heavy atom. The minimum Gasteiger partial charge on any atom is -0.383 e. The number of likely N-dealkylation sites (tertiary alicyclic amines) is 1. The number of hydrogen-bond donors (Lipinski definition) is 2. The fourth-order valence-electron chi connectivity index (χ4n) is 2.75. The van der Waals surface area contributed by atoms with Crippen molar-refractivity contribution < 1.29 is 8.42 Å². The number of likely N-dealkylation sites (N-methyl/N-ethyl adjacent to an activating group) is 1. The quantitative estimate of drug-likeness (QED) is 0.793. The molecule has 1 aliphatic heterocycles. The molecule has 118 valence electrons. The number of hydrogen-bond acceptors (Lipinski definition) is 5. The van der Waals surface area contributed by atoms with Gasteiger partial charge in [0, 0.05) is 25.3 Å². The summed E-state index contributed by atoms with van der Waals surface area (Å²) in [4.78, 5) is 6.34. The Hall–Kier alpha value is -1.18. The van der Waals surface area contributed by atoms with E-state index in [9.17, 15) is 8.42 Å². The van der Waals surface area contributed by atoms with Crippen LogP contribution in [0.4, 0.5) is 5.69 Å². The highest BCUT2D eigenvalue weighted by molar-refractivity contribution is 7.89. The van der Waals surface area contributed by atoms with Gasteiger partial charge in [0.15, 0.2) is 5.03 Å². The van der Waals surface area contributed by atoms with Gasteiger partial charge in [0.2, 0.25) is 0 Å². The first kappa shape index (κ1) is 16.2. The molecule has 2 N–H and O–H groups in total. The fraction of sp³-hybridized carbons (Fsp3) is 0.643. The van der Waals surface area contributed by atoms with Gasteiger partial charge in [0.05, 0.1) is 5.69 Å². The van der Waals surface area contributed by atoms with Gasteiger partial charge in [0.25, 0.3) is 10.0 Å². The lowest BCUT2D eigenvalue weighted by atomic mass is 10.2. The van der Waals surface area contributed by atoms with E-state index in [1.54, 1.807) is 12.1 Å². The smallest absolute Gasteiger partial charge is 0.260 e. The lowest BCUT2D eigenvalue weighted by Gasteiger charge is -2.23. The van der Waals surface area contributed by atoms with Crippen molar-refractivity contribution >= 4 is 15.7 Å². The summed E-state index contributed by atoms with van der Waals surface area (Å²) in [6.07, 6.45) is 3.68. The van der Waals surface area contributed by atoms with Crippen molar-refractivity contribution in [2.24, 2.45) is 0 Å². The van der Waals surface area contributed by atoms with E-state index in [2.05, 4.69) is 26.8 Å². The Bertz CT molecular complexity index is 562. The van der Waals surface area contributed by atoms with Crippen LogP contribution in [0.1, 0.15) is 26.7 Å². The maximum Gasteiger partial charge on any atom is 0.260 e. The van der Waals surface area contributed by atoms with Crippen LogP contribution in [0.15, 0.2) is 23.4 Å². The molecule has 0 bridgehead atoms. The summed E-state index contributed by atoms with van der Waals surface area (Å²) in [5.74, 6) is 0. The van der Waals surface area contributed by atoms with Crippen molar-refractivity contribution in [3.8, 4) is 0 Å². The Balaban J connectivity index is 2.08. The third kappa shape index (κ3) is 3.93. The van der Waals surface area contributed by atoms with E-state index in [0.29, 0.717) is 18.8 Å². The van der Waals surface area contributed by atoms with Crippen LogP contribution < -0.4 is 10.0 Å².